The summed E-state index contributed by atoms with van der Waals surface area (Å²) in [6, 6.07) is 50.8. The van der Waals surface area contributed by atoms with Crippen LogP contribution in [0.4, 0.5) is 17.1 Å². The normalized spacial score (nSPS) is 15.2. The van der Waals surface area contributed by atoms with Crippen LogP contribution >= 0.6 is 11.3 Å². The van der Waals surface area contributed by atoms with E-state index >= 15 is 0 Å². The summed E-state index contributed by atoms with van der Waals surface area (Å²) in [5, 5.41) is 0. The number of Topliss-reactive ketones (excluding diaryl/α,β-unsaturated/α-hetero) is 2. The summed E-state index contributed by atoms with van der Waals surface area (Å²) in [5.74, 6) is -0.577. The molecule has 0 bridgehead atoms. The minimum atomic E-state index is -0.575. The highest BCUT2D eigenvalue weighted by Gasteiger charge is 2.52. The van der Waals surface area contributed by atoms with Crippen molar-refractivity contribution in [2.24, 2.45) is 0 Å². The van der Waals surface area contributed by atoms with E-state index < -0.39 is 5.41 Å². The van der Waals surface area contributed by atoms with Crippen LogP contribution in [0, 0.1) is 0 Å². The molecule has 2 heterocycles. The van der Waals surface area contributed by atoms with Gasteiger partial charge < -0.3 is 4.90 Å². The molecule has 3 aliphatic carbocycles. The van der Waals surface area contributed by atoms with E-state index in [0.29, 0.717) is 5.56 Å². The maximum atomic E-state index is 13.4. The molecule has 4 nitrogen and oxygen atoms in total. The fourth-order valence-corrected chi connectivity index (χ4v) is 9.32. The molecule has 0 radical (unpaired) electrons. The van der Waals surface area contributed by atoms with Gasteiger partial charge in [-0.25, -0.2) is 0 Å². The van der Waals surface area contributed by atoms with Gasteiger partial charge in [-0.1, -0.05) is 91.0 Å². The summed E-state index contributed by atoms with van der Waals surface area (Å²) in [6.07, 6.45) is 3.34. The second-order valence-electron chi connectivity index (χ2n) is 12.6. The number of pyridine rings is 1. The van der Waals surface area contributed by atoms with Gasteiger partial charge in [0.25, 0.3) is 0 Å². The quantitative estimate of drug-likeness (QED) is 0.141. The number of allylic oxidation sites excluding steroid dienone is 1. The summed E-state index contributed by atoms with van der Waals surface area (Å²) in [5.41, 5.74) is 11.9. The summed E-state index contributed by atoms with van der Waals surface area (Å²) in [7, 11) is 0. The number of rotatable bonds is 4. The van der Waals surface area contributed by atoms with Gasteiger partial charge in [-0.2, -0.15) is 0 Å². The molecule has 0 aliphatic heterocycles. The fraction of sp³-hybridized carbons (Fsp3) is 0.0227. The lowest BCUT2D eigenvalue weighted by molar-refractivity contribution is 0.0989. The van der Waals surface area contributed by atoms with E-state index in [1.165, 1.54) is 33.4 Å². The Balaban J connectivity index is 1.23. The van der Waals surface area contributed by atoms with Crippen LogP contribution in [0.25, 0.3) is 27.6 Å². The van der Waals surface area contributed by atoms with Gasteiger partial charge in [0.15, 0.2) is 5.78 Å². The monoisotopic (exact) mass is 646 g/mol. The van der Waals surface area contributed by atoms with E-state index in [1.807, 2.05) is 12.1 Å². The molecule has 0 fully saturated rings. The van der Waals surface area contributed by atoms with E-state index in [-0.39, 0.29) is 22.8 Å². The number of fused-ring (bicyclic) bond motifs is 11. The van der Waals surface area contributed by atoms with E-state index in [0.717, 1.165) is 32.4 Å². The lowest BCUT2D eigenvalue weighted by Gasteiger charge is -2.32. The molecule has 5 aromatic carbocycles. The van der Waals surface area contributed by atoms with Gasteiger partial charge in [0.1, 0.15) is 5.69 Å². The average Bonchev–Trinajstić information content (AvgIpc) is 3.85. The highest BCUT2D eigenvalue weighted by molar-refractivity contribution is 7.16. The van der Waals surface area contributed by atoms with Gasteiger partial charge in [0.05, 0.1) is 16.6 Å². The van der Waals surface area contributed by atoms with Crippen LogP contribution in [0.3, 0.4) is 0 Å². The van der Waals surface area contributed by atoms with Gasteiger partial charge in [-0.3, -0.25) is 14.6 Å². The van der Waals surface area contributed by atoms with Crippen LogP contribution in [0.15, 0.2) is 157 Å². The molecule has 0 atom stereocenters. The highest BCUT2D eigenvalue weighted by Crippen LogP contribution is 2.65. The first-order chi connectivity index (χ1) is 24.1. The van der Waals surface area contributed by atoms with Crippen molar-refractivity contribution >= 4 is 46.0 Å². The Morgan fingerprint density at radius 1 is 0.531 bits per heavy atom. The van der Waals surface area contributed by atoms with E-state index in [2.05, 4.69) is 131 Å². The number of carbonyl (C=O) groups excluding carboxylic acids is 2. The first-order valence-corrected chi connectivity index (χ1v) is 17.1. The molecular formula is C44H26N2O2S. The molecule has 10 rings (SSSR count). The molecule has 5 heteroatoms. The smallest absolute Gasteiger partial charge is 0.216 e. The molecule has 0 saturated heterocycles. The molecule has 1 spiro atoms. The summed E-state index contributed by atoms with van der Waals surface area (Å²) < 4.78 is 0. The van der Waals surface area contributed by atoms with Crippen LogP contribution < -0.4 is 4.90 Å². The molecule has 49 heavy (non-hydrogen) atoms. The lowest BCUT2D eigenvalue weighted by Crippen LogP contribution is -2.26. The lowest BCUT2D eigenvalue weighted by atomic mass is 9.71. The van der Waals surface area contributed by atoms with Crippen molar-refractivity contribution < 1.29 is 9.59 Å². The predicted molar refractivity (Wildman–Crippen MR) is 196 cm³/mol. The van der Waals surface area contributed by atoms with Crippen molar-refractivity contribution in [3.05, 3.63) is 196 Å². The van der Waals surface area contributed by atoms with E-state index in [9.17, 15) is 9.59 Å². The summed E-state index contributed by atoms with van der Waals surface area (Å²) in [4.78, 5) is 35.3. The number of anilines is 3. The number of thiophene rings is 1. The molecule has 230 valence electrons. The average molecular weight is 647 g/mol. The third kappa shape index (κ3) is 3.82. The van der Waals surface area contributed by atoms with Gasteiger partial charge in [-0.05, 0) is 99.6 Å². The van der Waals surface area contributed by atoms with Gasteiger partial charge in [0, 0.05) is 33.0 Å². The fourth-order valence-electron chi connectivity index (χ4n) is 8.12. The molecule has 3 aliphatic rings. The zero-order chi connectivity index (χ0) is 32.7. The minimum absolute atomic E-state index is 0.173. The van der Waals surface area contributed by atoms with Crippen molar-refractivity contribution in [2.75, 3.05) is 4.90 Å². The van der Waals surface area contributed by atoms with Crippen LogP contribution in [0.5, 0.6) is 0 Å². The minimum Gasteiger partial charge on any atom is -0.310 e. The number of aromatic nitrogens is 1. The molecule has 7 aromatic rings. The molecule has 0 N–H and O–H groups in total. The maximum Gasteiger partial charge on any atom is 0.216 e. The Morgan fingerprint density at radius 2 is 1.14 bits per heavy atom. The molecule has 0 saturated carbocycles. The zero-order valence-electron chi connectivity index (χ0n) is 26.1. The van der Waals surface area contributed by atoms with Crippen LogP contribution in [0.2, 0.25) is 0 Å². The predicted octanol–water partition coefficient (Wildman–Crippen LogP) is 10.4. The van der Waals surface area contributed by atoms with Crippen molar-refractivity contribution in [1.82, 2.24) is 4.98 Å². The number of carbonyl (C=O) groups is 2. The van der Waals surface area contributed by atoms with Crippen LogP contribution in [0.1, 0.15) is 48.0 Å². The van der Waals surface area contributed by atoms with E-state index in [1.54, 1.807) is 35.7 Å². The van der Waals surface area contributed by atoms with Crippen LogP contribution in [-0.2, 0) is 5.41 Å². The Labute approximate surface area is 287 Å². The van der Waals surface area contributed by atoms with Crippen LogP contribution in [-0.4, -0.2) is 16.6 Å². The van der Waals surface area contributed by atoms with Crippen molar-refractivity contribution in [3.63, 3.8) is 0 Å². The van der Waals surface area contributed by atoms with Crippen molar-refractivity contribution in [2.45, 2.75) is 5.41 Å². The Kier molecular flexibility index (Phi) is 5.93. The first kappa shape index (κ1) is 27.9. The SMILES string of the molecule is O=C1/C(=C\c2cc3c(s2)-c2ccc(N(c4ccccc4)c4ccccc4)cc2C32c3ccccc3-c3ccccc32)C(=O)c2ncccc21. The number of nitrogens with zero attached hydrogens (tertiary/aromatic N) is 2. The Bertz CT molecular complexity index is 2430. The third-order valence-electron chi connectivity index (χ3n) is 10.1. The molecule has 0 unspecified atom stereocenters. The molecule has 2 aromatic heterocycles. The third-order valence-corrected chi connectivity index (χ3v) is 11.2. The molecular weight excluding hydrogens is 621 g/mol. The van der Waals surface area contributed by atoms with Crippen molar-refractivity contribution in [3.8, 4) is 21.6 Å². The van der Waals surface area contributed by atoms with Gasteiger partial charge in [-0.15, -0.1) is 11.3 Å². The molecule has 0 amide bonds. The summed E-state index contributed by atoms with van der Waals surface area (Å²) in [6.45, 7) is 0. The number of hydrogen-bond acceptors (Lipinski definition) is 5. The standard InChI is InChI=1S/C44H26N2O2S/c47-41-34-18-11-23-45-40(34)42(48)35(41)25-30-26-39-43(49-30)33-22-21-29(46(27-12-3-1-4-13-27)28-14-5-2-6-15-28)24-38(33)44(39)36-19-9-7-16-31(36)32-17-8-10-20-37(32)44/h1-26H/b35-25+. The number of ketones is 2. The Hall–Kier alpha value is -6.17. The maximum absolute atomic E-state index is 13.4. The summed E-state index contributed by atoms with van der Waals surface area (Å²) >= 11 is 1.64. The number of para-hydroxylation sites is 2. The van der Waals surface area contributed by atoms with Crippen molar-refractivity contribution in [1.29, 1.82) is 0 Å². The zero-order valence-corrected chi connectivity index (χ0v) is 26.9. The number of hydrogen-bond donors (Lipinski definition) is 0. The van der Waals surface area contributed by atoms with Gasteiger partial charge >= 0.3 is 0 Å². The van der Waals surface area contributed by atoms with Gasteiger partial charge in [0.2, 0.25) is 5.78 Å². The first-order valence-electron chi connectivity index (χ1n) is 16.3. The highest BCUT2D eigenvalue weighted by atomic mass is 32.1. The largest absolute Gasteiger partial charge is 0.310 e. The number of benzene rings is 5. The van der Waals surface area contributed by atoms with E-state index in [4.69, 9.17) is 0 Å². The second kappa shape index (κ2) is 10.4. The topological polar surface area (TPSA) is 50.3 Å². The Morgan fingerprint density at radius 3 is 1.80 bits per heavy atom. The second-order valence-corrected chi connectivity index (χ2v) is 13.7.